The van der Waals surface area contributed by atoms with Gasteiger partial charge >= 0.3 is 6.03 Å². The molecule has 2 amide bonds. The summed E-state index contributed by atoms with van der Waals surface area (Å²) in [5, 5.41) is 15.5. The lowest BCUT2D eigenvalue weighted by Crippen LogP contribution is -2.48. The molecule has 132 valence electrons. The molecule has 0 aromatic heterocycles. The minimum absolute atomic E-state index is 0.0615. The molecule has 5 nitrogen and oxygen atoms in total. The fraction of sp³-hybridized carbons (Fsp3) is 0.632. The Balaban J connectivity index is 1.48. The van der Waals surface area contributed by atoms with Gasteiger partial charge in [0.25, 0.3) is 0 Å². The summed E-state index contributed by atoms with van der Waals surface area (Å²) in [4.78, 5) is 12.2. The molecule has 1 saturated heterocycles. The summed E-state index contributed by atoms with van der Waals surface area (Å²) in [6.45, 7) is 1.50. The summed E-state index contributed by atoms with van der Waals surface area (Å²) in [6.07, 6.45) is 5.23. The number of urea groups is 1. The van der Waals surface area contributed by atoms with Crippen molar-refractivity contribution in [3.05, 3.63) is 35.9 Å². The summed E-state index contributed by atoms with van der Waals surface area (Å²) in [5.74, 6) is 0.495. The van der Waals surface area contributed by atoms with Crippen LogP contribution in [-0.4, -0.2) is 36.9 Å². The van der Waals surface area contributed by atoms with Gasteiger partial charge in [-0.05, 0) is 24.8 Å². The summed E-state index contributed by atoms with van der Waals surface area (Å²) >= 11 is 0. The van der Waals surface area contributed by atoms with Crippen LogP contribution in [0.2, 0.25) is 0 Å². The third-order valence-electron chi connectivity index (χ3n) is 5.33. The van der Waals surface area contributed by atoms with Gasteiger partial charge in [-0.15, -0.1) is 0 Å². The molecule has 0 spiro atoms. The highest BCUT2D eigenvalue weighted by Gasteiger charge is 2.30. The fourth-order valence-electron chi connectivity index (χ4n) is 3.91. The van der Waals surface area contributed by atoms with E-state index in [9.17, 15) is 9.90 Å². The van der Waals surface area contributed by atoms with E-state index in [4.69, 9.17) is 4.74 Å². The molecule has 1 aromatic carbocycles. The first-order chi connectivity index (χ1) is 11.8. The zero-order valence-corrected chi connectivity index (χ0v) is 14.1. The second-order valence-corrected chi connectivity index (χ2v) is 6.94. The fourth-order valence-corrected chi connectivity index (χ4v) is 3.91. The third-order valence-corrected chi connectivity index (χ3v) is 5.33. The van der Waals surface area contributed by atoms with E-state index in [-0.39, 0.29) is 30.7 Å². The van der Waals surface area contributed by atoms with E-state index in [2.05, 4.69) is 22.8 Å². The normalized spacial score (nSPS) is 30.0. The lowest BCUT2D eigenvalue weighted by atomic mass is 9.85. The maximum Gasteiger partial charge on any atom is 0.315 e. The van der Waals surface area contributed by atoms with E-state index in [1.807, 2.05) is 18.2 Å². The van der Waals surface area contributed by atoms with E-state index >= 15 is 0 Å². The molecule has 5 heteroatoms. The number of carbonyl (C=O) groups excluding carboxylic acids is 1. The average Bonchev–Trinajstić information content (AvgIpc) is 3.10. The van der Waals surface area contributed by atoms with Crippen LogP contribution in [0.1, 0.15) is 43.8 Å². The molecular weight excluding hydrogens is 304 g/mol. The predicted octanol–water partition coefficient (Wildman–Crippen LogP) is 2.61. The van der Waals surface area contributed by atoms with E-state index in [0.717, 1.165) is 38.7 Å². The average molecular weight is 332 g/mol. The maximum atomic E-state index is 12.2. The Morgan fingerprint density at radius 3 is 2.71 bits per heavy atom. The summed E-state index contributed by atoms with van der Waals surface area (Å²) in [7, 11) is 0. The SMILES string of the molecule is O=C(NC[C@@H]1CCO[C@@H]1c1ccccc1)N[C@H]1CCCC[C@H]1CO. The number of rotatable bonds is 5. The quantitative estimate of drug-likeness (QED) is 0.776. The Morgan fingerprint density at radius 2 is 1.92 bits per heavy atom. The first kappa shape index (κ1) is 17.2. The van der Waals surface area contributed by atoms with Gasteiger partial charge in [0.2, 0.25) is 0 Å². The highest BCUT2D eigenvalue weighted by atomic mass is 16.5. The van der Waals surface area contributed by atoms with Gasteiger partial charge in [0.15, 0.2) is 0 Å². The van der Waals surface area contributed by atoms with Gasteiger partial charge < -0.3 is 20.5 Å². The van der Waals surface area contributed by atoms with Crippen LogP contribution in [0.25, 0.3) is 0 Å². The molecule has 0 unspecified atom stereocenters. The monoisotopic (exact) mass is 332 g/mol. The van der Waals surface area contributed by atoms with Crippen LogP contribution in [0, 0.1) is 11.8 Å². The second kappa shape index (κ2) is 8.49. The lowest BCUT2D eigenvalue weighted by molar-refractivity contribution is 0.0908. The smallest absolute Gasteiger partial charge is 0.315 e. The molecule has 0 bridgehead atoms. The zero-order chi connectivity index (χ0) is 16.8. The molecule has 1 heterocycles. The summed E-state index contributed by atoms with van der Waals surface area (Å²) in [5.41, 5.74) is 1.18. The standard InChI is InChI=1S/C19H28N2O3/c22-13-16-8-4-5-9-17(16)21-19(23)20-12-15-10-11-24-18(15)14-6-2-1-3-7-14/h1-3,6-7,15-18,22H,4-5,8-13H2,(H2,20,21,23)/t15-,16-,17-,18+/m0/s1. The van der Waals surface area contributed by atoms with Gasteiger partial charge in [0, 0.05) is 37.6 Å². The van der Waals surface area contributed by atoms with Crippen molar-refractivity contribution in [1.29, 1.82) is 0 Å². The van der Waals surface area contributed by atoms with Crippen LogP contribution >= 0.6 is 0 Å². The van der Waals surface area contributed by atoms with E-state index in [1.54, 1.807) is 0 Å². The molecule has 3 N–H and O–H groups in total. The topological polar surface area (TPSA) is 70.6 Å². The van der Waals surface area contributed by atoms with Crippen molar-refractivity contribution in [2.24, 2.45) is 11.8 Å². The summed E-state index contributed by atoms with van der Waals surface area (Å²) in [6, 6.07) is 10.2. The van der Waals surface area contributed by atoms with E-state index < -0.39 is 0 Å². The van der Waals surface area contributed by atoms with Crippen LogP contribution < -0.4 is 10.6 Å². The number of benzene rings is 1. The number of aliphatic hydroxyl groups is 1. The van der Waals surface area contributed by atoms with Crippen molar-refractivity contribution in [3.8, 4) is 0 Å². The van der Waals surface area contributed by atoms with Crippen LogP contribution in [0.4, 0.5) is 4.79 Å². The van der Waals surface area contributed by atoms with E-state index in [0.29, 0.717) is 12.5 Å². The first-order valence-corrected chi connectivity index (χ1v) is 9.09. The molecule has 1 aliphatic carbocycles. The molecule has 1 aromatic rings. The Bertz CT molecular complexity index is 523. The first-order valence-electron chi connectivity index (χ1n) is 9.09. The maximum absolute atomic E-state index is 12.2. The number of carbonyl (C=O) groups is 1. The lowest BCUT2D eigenvalue weighted by Gasteiger charge is -2.31. The Morgan fingerprint density at radius 1 is 1.12 bits per heavy atom. The van der Waals surface area contributed by atoms with Crippen LogP contribution in [0.15, 0.2) is 30.3 Å². The van der Waals surface area contributed by atoms with Gasteiger partial charge in [-0.1, -0.05) is 43.2 Å². The molecule has 0 radical (unpaired) electrons. The van der Waals surface area contributed by atoms with Crippen molar-refractivity contribution in [3.63, 3.8) is 0 Å². The van der Waals surface area contributed by atoms with Crippen LogP contribution in [0.5, 0.6) is 0 Å². The Hall–Kier alpha value is -1.59. The van der Waals surface area contributed by atoms with E-state index in [1.165, 1.54) is 5.56 Å². The molecule has 4 atom stereocenters. The number of nitrogens with one attached hydrogen (secondary N) is 2. The molecule has 1 saturated carbocycles. The predicted molar refractivity (Wildman–Crippen MR) is 92.6 cm³/mol. The van der Waals surface area contributed by atoms with Gasteiger partial charge in [-0.25, -0.2) is 4.79 Å². The molecule has 3 rings (SSSR count). The molecule has 1 aliphatic heterocycles. The van der Waals surface area contributed by atoms with Gasteiger partial charge in [0.05, 0.1) is 6.10 Å². The van der Waals surface area contributed by atoms with Crippen LogP contribution in [-0.2, 0) is 4.74 Å². The number of aliphatic hydroxyl groups excluding tert-OH is 1. The van der Waals surface area contributed by atoms with Crippen molar-refractivity contribution in [2.45, 2.75) is 44.2 Å². The van der Waals surface area contributed by atoms with Gasteiger partial charge in [0.1, 0.15) is 0 Å². The van der Waals surface area contributed by atoms with Crippen molar-refractivity contribution in [2.75, 3.05) is 19.8 Å². The van der Waals surface area contributed by atoms with Crippen LogP contribution in [0.3, 0.4) is 0 Å². The Labute approximate surface area is 143 Å². The number of ether oxygens (including phenoxy) is 1. The van der Waals surface area contributed by atoms with Gasteiger partial charge in [-0.2, -0.15) is 0 Å². The second-order valence-electron chi connectivity index (χ2n) is 6.94. The highest BCUT2D eigenvalue weighted by molar-refractivity contribution is 5.74. The van der Waals surface area contributed by atoms with Crippen molar-refractivity contribution in [1.82, 2.24) is 10.6 Å². The highest BCUT2D eigenvalue weighted by Crippen LogP contribution is 2.33. The third kappa shape index (κ3) is 4.28. The minimum atomic E-state index is -0.126. The van der Waals surface area contributed by atoms with Crippen molar-refractivity contribution >= 4 is 6.03 Å². The number of hydrogen-bond acceptors (Lipinski definition) is 3. The number of hydrogen-bond donors (Lipinski definition) is 3. The molecular formula is C19H28N2O3. The van der Waals surface area contributed by atoms with Gasteiger partial charge in [-0.3, -0.25) is 0 Å². The van der Waals surface area contributed by atoms with Crippen molar-refractivity contribution < 1.29 is 14.6 Å². The molecule has 24 heavy (non-hydrogen) atoms. The minimum Gasteiger partial charge on any atom is -0.396 e. The largest absolute Gasteiger partial charge is 0.396 e. The molecule has 2 fully saturated rings. The summed E-state index contributed by atoms with van der Waals surface area (Å²) < 4.78 is 5.86. The number of amides is 2. The Kier molecular flexibility index (Phi) is 6.10. The molecule has 2 aliphatic rings. The zero-order valence-electron chi connectivity index (χ0n) is 14.1.